The lowest BCUT2D eigenvalue weighted by Crippen LogP contribution is -2.30. The zero-order chi connectivity index (χ0) is 25.2. The molecule has 0 radical (unpaired) electrons. The van der Waals surface area contributed by atoms with Gasteiger partial charge in [-0.05, 0) is 82.4 Å². The van der Waals surface area contributed by atoms with Crippen LogP contribution in [0.25, 0.3) is 27.3 Å². The van der Waals surface area contributed by atoms with Crippen molar-refractivity contribution in [1.29, 1.82) is 0 Å². The molecular weight excluding hydrogens is 511 g/mol. The Labute approximate surface area is 222 Å². The van der Waals surface area contributed by atoms with Gasteiger partial charge in [0.05, 0.1) is 17.6 Å². The van der Waals surface area contributed by atoms with E-state index in [1.807, 2.05) is 24.3 Å². The van der Waals surface area contributed by atoms with Crippen LogP contribution in [-0.4, -0.2) is 39.9 Å². The second kappa shape index (κ2) is 10.3. The number of thioether (sulfide) groups is 1. The number of rotatable bonds is 7. The minimum Gasteiger partial charge on any atom is -0.496 e. The summed E-state index contributed by atoms with van der Waals surface area (Å²) < 4.78 is 7.37. The lowest BCUT2D eigenvalue weighted by atomic mass is 10.0. The van der Waals surface area contributed by atoms with Crippen molar-refractivity contribution in [3.63, 3.8) is 0 Å². The van der Waals surface area contributed by atoms with Crippen LogP contribution >= 0.6 is 35.3 Å². The molecule has 1 aliphatic rings. The molecule has 8 heteroatoms. The minimum absolute atomic E-state index is 0.121. The minimum atomic E-state index is -0.961. The van der Waals surface area contributed by atoms with Crippen LogP contribution in [0.5, 0.6) is 5.75 Å². The number of carbonyl (C=O) groups excluding carboxylic acids is 1. The van der Waals surface area contributed by atoms with Crippen LogP contribution < -0.4 is 4.74 Å². The molecule has 0 spiro atoms. The van der Waals surface area contributed by atoms with E-state index < -0.39 is 5.97 Å². The Morgan fingerprint density at radius 2 is 1.89 bits per heavy atom. The Bertz CT molecular complexity index is 1520. The van der Waals surface area contributed by atoms with Crippen LogP contribution in [0.3, 0.4) is 0 Å². The average molecular weight is 532 g/mol. The second-order valence-electron chi connectivity index (χ2n) is 8.22. The number of amides is 1. The fourth-order valence-corrected chi connectivity index (χ4v) is 6.15. The molecule has 36 heavy (non-hydrogen) atoms. The van der Waals surface area contributed by atoms with E-state index >= 15 is 0 Å². The van der Waals surface area contributed by atoms with Crippen molar-refractivity contribution >= 4 is 67.7 Å². The van der Waals surface area contributed by atoms with E-state index in [2.05, 4.69) is 29.6 Å². The number of ether oxygens (including phenoxy) is 1. The third kappa shape index (κ3) is 4.93. The first-order valence-corrected chi connectivity index (χ1v) is 13.3. The van der Waals surface area contributed by atoms with Crippen molar-refractivity contribution in [2.24, 2.45) is 0 Å². The number of fused-ring (bicyclic) bond motifs is 1. The Morgan fingerprint density at radius 1 is 1.08 bits per heavy atom. The number of carbonyl (C=O) groups is 2. The molecule has 0 bridgehead atoms. The zero-order valence-corrected chi connectivity index (χ0v) is 21.7. The van der Waals surface area contributed by atoms with Crippen LogP contribution in [0.1, 0.15) is 21.5 Å². The summed E-state index contributed by atoms with van der Waals surface area (Å²) in [5, 5.41) is 12.3. The summed E-state index contributed by atoms with van der Waals surface area (Å²) in [5.74, 6) is -0.315. The summed E-state index contributed by atoms with van der Waals surface area (Å²) in [5.41, 5.74) is 4.08. The highest BCUT2D eigenvalue weighted by atomic mass is 32.2. The van der Waals surface area contributed by atoms with Crippen LogP contribution in [0.2, 0.25) is 0 Å². The smallest absolute Gasteiger partial charge is 0.335 e. The largest absolute Gasteiger partial charge is 0.496 e. The standard InChI is InChI=1S/C28H21NO4S3/c1-33-23-8-4-18(14-22(23)20-7-9-24-21(16-20)11-13-35-24)15-25-26(30)29(28(34)36-25)12-10-17-2-5-19(6-3-17)27(31)32/h2-9,11,13-16H,10,12H2,1H3,(H,31,32). The highest BCUT2D eigenvalue weighted by Crippen LogP contribution is 2.37. The number of aromatic carboxylic acids is 1. The van der Waals surface area contributed by atoms with Gasteiger partial charge in [-0.2, -0.15) is 0 Å². The molecule has 0 unspecified atom stereocenters. The number of hydrogen-bond acceptors (Lipinski definition) is 6. The number of hydrogen-bond donors (Lipinski definition) is 1. The molecule has 1 fully saturated rings. The van der Waals surface area contributed by atoms with Crippen molar-refractivity contribution < 1.29 is 19.4 Å². The SMILES string of the molecule is COc1ccc(C=C2SC(=S)N(CCc3ccc(C(=O)O)cc3)C2=O)cc1-c1ccc2sccc2c1. The maximum absolute atomic E-state index is 13.1. The molecule has 3 aromatic carbocycles. The normalized spacial score (nSPS) is 14.7. The van der Waals surface area contributed by atoms with E-state index in [1.165, 1.54) is 21.8 Å². The van der Waals surface area contributed by atoms with Gasteiger partial charge in [0.25, 0.3) is 5.91 Å². The highest BCUT2D eigenvalue weighted by Gasteiger charge is 2.31. The van der Waals surface area contributed by atoms with Gasteiger partial charge >= 0.3 is 5.97 Å². The maximum Gasteiger partial charge on any atom is 0.335 e. The molecule has 0 atom stereocenters. The first-order valence-electron chi connectivity index (χ1n) is 11.2. The van der Waals surface area contributed by atoms with Crippen molar-refractivity contribution in [2.45, 2.75) is 6.42 Å². The molecule has 2 heterocycles. The van der Waals surface area contributed by atoms with Crippen molar-refractivity contribution in [1.82, 2.24) is 4.90 Å². The van der Waals surface area contributed by atoms with E-state index in [0.717, 1.165) is 28.0 Å². The van der Waals surface area contributed by atoms with Gasteiger partial charge in [-0.25, -0.2) is 4.79 Å². The van der Waals surface area contributed by atoms with E-state index in [9.17, 15) is 9.59 Å². The first-order chi connectivity index (χ1) is 17.4. The summed E-state index contributed by atoms with van der Waals surface area (Å²) in [6, 6.07) is 21.0. The van der Waals surface area contributed by atoms with Crippen LogP contribution in [0.15, 0.2) is 77.0 Å². The third-order valence-electron chi connectivity index (χ3n) is 5.98. The quantitative estimate of drug-likeness (QED) is 0.211. The number of carboxylic acid groups (broad SMARTS) is 1. The summed E-state index contributed by atoms with van der Waals surface area (Å²) in [7, 11) is 1.65. The van der Waals surface area contributed by atoms with Crippen LogP contribution in [-0.2, 0) is 11.2 Å². The number of thiophene rings is 1. The van der Waals surface area contributed by atoms with Gasteiger partial charge in [-0.3, -0.25) is 9.69 Å². The molecule has 5 rings (SSSR count). The molecule has 0 aliphatic carbocycles. The summed E-state index contributed by atoms with van der Waals surface area (Å²) in [6.45, 7) is 0.433. The predicted octanol–water partition coefficient (Wildman–Crippen LogP) is 6.72. The predicted molar refractivity (Wildman–Crippen MR) is 151 cm³/mol. The Kier molecular flexibility index (Phi) is 6.91. The fourth-order valence-electron chi connectivity index (χ4n) is 4.07. The van der Waals surface area contributed by atoms with Crippen LogP contribution in [0, 0.1) is 0 Å². The number of nitrogens with zero attached hydrogens (tertiary/aromatic N) is 1. The zero-order valence-electron chi connectivity index (χ0n) is 19.3. The average Bonchev–Trinajstić information content (AvgIpc) is 3.46. The lowest BCUT2D eigenvalue weighted by Gasteiger charge is -2.14. The molecule has 1 amide bonds. The molecule has 1 aliphatic heterocycles. The van der Waals surface area contributed by atoms with Gasteiger partial charge < -0.3 is 9.84 Å². The number of benzene rings is 3. The Morgan fingerprint density at radius 3 is 2.64 bits per heavy atom. The van der Waals surface area contributed by atoms with Gasteiger partial charge in [0.1, 0.15) is 10.1 Å². The van der Waals surface area contributed by atoms with Gasteiger partial charge in [0.2, 0.25) is 0 Å². The topological polar surface area (TPSA) is 66.8 Å². The van der Waals surface area contributed by atoms with Gasteiger partial charge in [0, 0.05) is 16.8 Å². The van der Waals surface area contributed by atoms with E-state index in [0.29, 0.717) is 22.2 Å². The van der Waals surface area contributed by atoms with E-state index in [1.54, 1.807) is 47.6 Å². The molecule has 4 aromatic rings. The molecule has 1 saturated heterocycles. The molecule has 5 nitrogen and oxygen atoms in total. The molecule has 0 saturated carbocycles. The molecule has 1 N–H and O–H groups in total. The van der Waals surface area contributed by atoms with E-state index in [-0.39, 0.29) is 11.5 Å². The van der Waals surface area contributed by atoms with Gasteiger partial charge in [-0.15, -0.1) is 11.3 Å². The molecule has 1 aromatic heterocycles. The summed E-state index contributed by atoms with van der Waals surface area (Å²) >= 11 is 8.49. The van der Waals surface area contributed by atoms with Crippen molar-refractivity contribution in [3.05, 3.63) is 93.7 Å². The monoisotopic (exact) mass is 531 g/mol. The van der Waals surface area contributed by atoms with Gasteiger partial charge in [-0.1, -0.05) is 48.2 Å². The Balaban J connectivity index is 1.36. The maximum atomic E-state index is 13.1. The summed E-state index contributed by atoms with van der Waals surface area (Å²) in [6.07, 6.45) is 2.45. The number of carboxylic acids is 1. The van der Waals surface area contributed by atoms with Crippen molar-refractivity contribution in [2.75, 3.05) is 13.7 Å². The molecule has 180 valence electrons. The van der Waals surface area contributed by atoms with E-state index in [4.69, 9.17) is 22.1 Å². The Hall–Kier alpha value is -3.46. The first kappa shape index (κ1) is 24.2. The lowest BCUT2D eigenvalue weighted by molar-refractivity contribution is -0.122. The van der Waals surface area contributed by atoms with Crippen LogP contribution in [0.4, 0.5) is 0 Å². The highest BCUT2D eigenvalue weighted by molar-refractivity contribution is 8.26. The second-order valence-corrected chi connectivity index (χ2v) is 10.8. The van der Waals surface area contributed by atoms with Gasteiger partial charge in [0.15, 0.2) is 0 Å². The summed E-state index contributed by atoms with van der Waals surface area (Å²) in [4.78, 5) is 26.3. The number of methoxy groups -OCH3 is 1. The fraction of sp³-hybridized carbons (Fsp3) is 0.107. The number of thiocarbonyl (C=S) groups is 1. The third-order valence-corrected chi connectivity index (χ3v) is 8.26. The molecular formula is C28H21NO4S3. The van der Waals surface area contributed by atoms with Crippen molar-refractivity contribution in [3.8, 4) is 16.9 Å².